The summed E-state index contributed by atoms with van der Waals surface area (Å²) >= 11 is 0. The summed E-state index contributed by atoms with van der Waals surface area (Å²) in [7, 11) is 0. The Morgan fingerprint density at radius 1 is 1.58 bits per heavy atom. The molecular weight excluding hydrogens is 165 g/mol. The van der Waals surface area contributed by atoms with E-state index in [-0.39, 0.29) is 36.0 Å². The molecule has 1 rings (SSSR count). The summed E-state index contributed by atoms with van der Waals surface area (Å²) < 4.78 is 0. The predicted octanol–water partition coefficient (Wildman–Crippen LogP) is 0.636. The first-order valence-electron chi connectivity index (χ1n) is 3.33. The molecule has 4 heteroatoms. The smallest absolute Gasteiger partial charge is 0.309 e. The Hall–Kier alpha value is -0.380. The Balaban J connectivity index is 0.00000121. The van der Waals surface area contributed by atoms with Gasteiger partial charge >= 0.3 is 5.97 Å². The molecule has 0 bridgehead atoms. The van der Waals surface area contributed by atoms with E-state index in [1.807, 2.05) is 13.0 Å². The van der Waals surface area contributed by atoms with Gasteiger partial charge in [-0.15, -0.1) is 0 Å². The number of hydrogen-bond donors (Lipinski definition) is 1. The minimum Gasteiger partial charge on any atom is -0.481 e. The number of aromatic nitrogens is 1. The van der Waals surface area contributed by atoms with Crippen LogP contribution in [0.3, 0.4) is 0 Å². The zero-order valence-electron chi connectivity index (χ0n) is 7.24. The maximum absolute atomic E-state index is 10.2. The molecule has 3 nitrogen and oxygen atoms in total. The number of carboxylic acids is 1. The minimum absolute atomic E-state index is 0. The summed E-state index contributed by atoms with van der Waals surface area (Å²) in [5.74, 6) is -0.844. The number of aliphatic carboxylic acids is 1. The van der Waals surface area contributed by atoms with Crippen LogP contribution in [0.25, 0.3) is 0 Å². The van der Waals surface area contributed by atoms with E-state index in [2.05, 4.69) is 4.98 Å². The fraction of sp³-hybridized carbons (Fsp3) is 0.250. The van der Waals surface area contributed by atoms with Crippen LogP contribution in [0.2, 0.25) is 0 Å². The summed E-state index contributed by atoms with van der Waals surface area (Å²) in [5.41, 5.74) is 1.46. The van der Waals surface area contributed by atoms with Gasteiger partial charge in [-0.1, -0.05) is 6.07 Å². The molecule has 0 aliphatic rings. The third kappa shape index (κ3) is 3.85. The molecule has 1 aromatic rings. The van der Waals surface area contributed by atoms with E-state index in [9.17, 15) is 4.79 Å². The van der Waals surface area contributed by atoms with Crippen molar-refractivity contribution in [2.45, 2.75) is 13.3 Å². The number of pyridine rings is 1. The molecular formula is C8H9NNaO2. The van der Waals surface area contributed by atoms with Gasteiger partial charge in [0.25, 0.3) is 0 Å². The molecule has 0 saturated carbocycles. The van der Waals surface area contributed by atoms with Crippen molar-refractivity contribution < 1.29 is 9.90 Å². The SMILES string of the molecule is Cc1cccc(CC(=O)O)n1.[Na]. The van der Waals surface area contributed by atoms with Crippen LogP contribution in [0.4, 0.5) is 0 Å². The van der Waals surface area contributed by atoms with Gasteiger partial charge in [-0.2, -0.15) is 0 Å². The van der Waals surface area contributed by atoms with E-state index >= 15 is 0 Å². The average molecular weight is 174 g/mol. The molecule has 0 fully saturated rings. The molecule has 0 aromatic carbocycles. The Labute approximate surface area is 93.1 Å². The first-order valence-corrected chi connectivity index (χ1v) is 3.33. The van der Waals surface area contributed by atoms with Crippen LogP contribution in [0.5, 0.6) is 0 Å². The number of rotatable bonds is 2. The molecule has 0 amide bonds. The molecule has 1 aromatic heterocycles. The van der Waals surface area contributed by atoms with E-state index in [0.717, 1.165) is 5.69 Å². The summed E-state index contributed by atoms with van der Waals surface area (Å²) in [6, 6.07) is 5.35. The van der Waals surface area contributed by atoms with Crippen LogP contribution >= 0.6 is 0 Å². The van der Waals surface area contributed by atoms with Crippen molar-refractivity contribution in [1.29, 1.82) is 0 Å². The summed E-state index contributed by atoms with van der Waals surface area (Å²) in [4.78, 5) is 14.3. The van der Waals surface area contributed by atoms with Gasteiger partial charge in [-0.25, -0.2) is 0 Å². The van der Waals surface area contributed by atoms with Crippen molar-refractivity contribution in [3.8, 4) is 0 Å². The van der Waals surface area contributed by atoms with Crippen molar-refractivity contribution in [3.63, 3.8) is 0 Å². The van der Waals surface area contributed by atoms with Gasteiger partial charge < -0.3 is 5.11 Å². The second-order valence-corrected chi connectivity index (χ2v) is 2.34. The normalized spacial score (nSPS) is 8.75. The fourth-order valence-corrected chi connectivity index (χ4v) is 0.853. The number of nitrogens with zero attached hydrogens (tertiary/aromatic N) is 1. The second kappa shape index (κ2) is 5.30. The van der Waals surface area contributed by atoms with Gasteiger partial charge in [0.05, 0.1) is 12.1 Å². The van der Waals surface area contributed by atoms with Gasteiger partial charge in [-0.3, -0.25) is 9.78 Å². The molecule has 59 valence electrons. The van der Waals surface area contributed by atoms with Crippen LogP contribution in [-0.4, -0.2) is 45.6 Å². The van der Waals surface area contributed by atoms with Crippen molar-refractivity contribution in [1.82, 2.24) is 4.98 Å². The topological polar surface area (TPSA) is 50.2 Å². The predicted molar refractivity (Wildman–Crippen MR) is 46.1 cm³/mol. The van der Waals surface area contributed by atoms with E-state index in [0.29, 0.717) is 5.69 Å². The molecule has 1 N–H and O–H groups in total. The maximum Gasteiger partial charge on any atom is 0.309 e. The van der Waals surface area contributed by atoms with Gasteiger partial charge in [0.2, 0.25) is 0 Å². The Bertz CT molecular complexity index is 276. The van der Waals surface area contributed by atoms with Crippen molar-refractivity contribution in [2.75, 3.05) is 0 Å². The zero-order chi connectivity index (χ0) is 8.27. The first-order chi connectivity index (χ1) is 5.18. The molecule has 12 heavy (non-hydrogen) atoms. The van der Waals surface area contributed by atoms with Gasteiger partial charge in [0.15, 0.2) is 0 Å². The minimum atomic E-state index is -0.844. The van der Waals surface area contributed by atoms with Crippen molar-refractivity contribution >= 4 is 35.5 Å². The monoisotopic (exact) mass is 174 g/mol. The number of carboxylic acid groups (broad SMARTS) is 1. The fourth-order valence-electron chi connectivity index (χ4n) is 0.853. The van der Waals surface area contributed by atoms with E-state index < -0.39 is 5.97 Å². The van der Waals surface area contributed by atoms with Crippen LogP contribution in [-0.2, 0) is 11.2 Å². The molecule has 0 aliphatic heterocycles. The number of carbonyl (C=O) groups is 1. The standard InChI is InChI=1S/C8H9NO2.Na/c1-6-3-2-4-7(9-6)5-8(10)11;/h2-4H,5H2,1H3,(H,10,11);. The van der Waals surface area contributed by atoms with Crippen LogP contribution in [0.15, 0.2) is 18.2 Å². The van der Waals surface area contributed by atoms with Crippen LogP contribution in [0, 0.1) is 6.92 Å². The van der Waals surface area contributed by atoms with Crippen LogP contribution < -0.4 is 0 Å². The quantitative estimate of drug-likeness (QED) is 0.669. The molecule has 1 radical (unpaired) electrons. The zero-order valence-corrected chi connectivity index (χ0v) is 9.24. The van der Waals surface area contributed by atoms with E-state index in [1.54, 1.807) is 12.1 Å². The second-order valence-electron chi connectivity index (χ2n) is 2.34. The molecule has 0 aliphatic carbocycles. The van der Waals surface area contributed by atoms with Gasteiger partial charge in [0, 0.05) is 35.3 Å². The number of aryl methyl sites for hydroxylation is 1. The molecule has 0 unspecified atom stereocenters. The third-order valence-electron chi connectivity index (χ3n) is 1.28. The largest absolute Gasteiger partial charge is 0.481 e. The average Bonchev–Trinajstić information content (AvgIpc) is 1.85. The van der Waals surface area contributed by atoms with E-state index in [1.165, 1.54) is 0 Å². The molecule has 0 spiro atoms. The number of hydrogen-bond acceptors (Lipinski definition) is 2. The summed E-state index contributed by atoms with van der Waals surface area (Å²) in [6.07, 6.45) is 0.00167. The first kappa shape index (κ1) is 11.6. The van der Waals surface area contributed by atoms with Crippen molar-refractivity contribution in [3.05, 3.63) is 29.6 Å². The van der Waals surface area contributed by atoms with E-state index in [4.69, 9.17) is 5.11 Å². The van der Waals surface area contributed by atoms with Crippen LogP contribution in [0.1, 0.15) is 11.4 Å². The molecule has 1 heterocycles. The van der Waals surface area contributed by atoms with Crippen molar-refractivity contribution in [2.24, 2.45) is 0 Å². The molecule has 0 saturated heterocycles. The van der Waals surface area contributed by atoms with Gasteiger partial charge in [0.1, 0.15) is 0 Å². The third-order valence-corrected chi connectivity index (χ3v) is 1.28. The summed E-state index contributed by atoms with van der Waals surface area (Å²) in [5, 5.41) is 8.42. The van der Waals surface area contributed by atoms with Gasteiger partial charge in [-0.05, 0) is 19.1 Å². The Kier molecular flexibility index (Phi) is 5.13. The molecule has 0 atom stereocenters. The Morgan fingerprint density at radius 3 is 2.75 bits per heavy atom. The summed E-state index contributed by atoms with van der Waals surface area (Å²) in [6.45, 7) is 1.84. The maximum atomic E-state index is 10.2. The Morgan fingerprint density at radius 2 is 2.25 bits per heavy atom.